The fourth-order valence-corrected chi connectivity index (χ4v) is 3.56. The van der Waals surface area contributed by atoms with Crippen molar-refractivity contribution in [2.45, 2.75) is 0 Å². The fourth-order valence-electron chi connectivity index (χ4n) is 3.56. The van der Waals surface area contributed by atoms with E-state index < -0.39 is 5.91 Å². The molecule has 4 rings (SSSR count). The molecule has 0 spiro atoms. The molecule has 0 aromatic heterocycles. The van der Waals surface area contributed by atoms with Gasteiger partial charge in [-0.15, -0.1) is 0 Å². The summed E-state index contributed by atoms with van der Waals surface area (Å²) < 4.78 is 0. The van der Waals surface area contributed by atoms with Crippen molar-refractivity contribution in [1.29, 1.82) is 0 Å². The van der Waals surface area contributed by atoms with Gasteiger partial charge in [0.25, 0.3) is 11.8 Å². The molecule has 2 N–H and O–H groups in total. The van der Waals surface area contributed by atoms with Gasteiger partial charge in [-0.25, -0.2) is 5.43 Å². The molecule has 0 aliphatic rings. The molecule has 0 aliphatic carbocycles. The summed E-state index contributed by atoms with van der Waals surface area (Å²) >= 11 is 0. The van der Waals surface area contributed by atoms with E-state index in [-0.39, 0.29) is 11.6 Å². The lowest BCUT2D eigenvalue weighted by atomic mass is 10.1. The van der Waals surface area contributed by atoms with Gasteiger partial charge in [0.05, 0.1) is 6.21 Å². The molecular formula is C29H26N4O2. The molecule has 0 unspecified atom stereocenters. The van der Waals surface area contributed by atoms with Gasteiger partial charge in [-0.2, -0.15) is 5.10 Å². The molecule has 0 radical (unpaired) electrons. The number of carbonyl (C=O) groups is 2. The Hall–Kier alpha value is -4.71. The number of anilines is 1. The molecule has 174 valence electrons. The first-order valence-corrected chi connectivity index (χ1v) is 11.2. The number of fused-ring (bicyclic) bond motifs is 1. The molecule has 0 atom stereocenters. The molecule has 2 amide bonds. The van der Waals surface area contributed by atoms with E-state index in [1.165, 1.54) is 0 Å². The lowest BCUT2D eigenvalue weighted by Crippen LogP contribution is -2.32. The summed E-state index contributed by atoms with van der Waals surface area (Å²) in [6, 6.07) is 30.3. The van der Waals surface area contributed by atoms with Crippen LogP contribution in [-0.4, -0.2) is 32.1 Å². The third kappa shape index (κ3) is 6.00. The van der Waals surface area contributed by atoms with Gasteiger partial charge < -0.3 is 10.2 Å². The molecule has 4 aromatic rings. The Morgan fingerprint density at radius 1 is 0.800 bits per heavy atom. The van der Waals surface area contributed by atoms with E-state index in [0.717, 1.165) is 27.6 Å². The van der Waals surface area contributed by atoms with E-state index in [2.05, 4.69) is 15.8 Å². The van der Waals surface area contributed by atoms with Crippen LogP contribution in [0.4, 0.5) is 5.69 Å². The molecular weight excluding hydrogens is 436 g/mol. The zero-order valence-corrected chi connectivity index (χ0v) is 19.6. The molecule has 0 heterocycles. The van der Waals surface area contributed by atoms with Crippen molar-refractivity contribution in [2.24, 2.45) is 5.10 Å². The van der Waals surface area contributed by atoms with Crippen molar-refractivity contribution in [3.05, 3.63) is 119 Å². The van der Waals surface area contributed by atoms with Crippen LogP contribution >= 0.6 is 0 Å². The first kappa shape index (κ1) is 23.4. The number of hydrogen-bond acceptors (Lipinski definition) is 4. The minimum atomic E-state index is -0.526. The van der Waals surface area contributed by atoms with E-state index in [1.807, 2.05) is 91.8 Å². The topological polar surface area (TPSA) is 73.8 Å². The van der Waals surface area contributed by atoms with E-state index in [0.29, 0.717) is 5.56 Å². The summed E-state index contributed by atoms with van der Waals surface area (Å²) in [5.74, 6) is -0.905. The average Bonchev–Trinajstić information content (AvgIpc) is 2.89. The summed E-state index contributed by atoms with van der Waals surface area (Å²) in [4.78, 5) is 27.8. The van der Waals surface area contributed by atoms with Crippen LogP contribution < -0.4 is 15.6 Å². The maximum Gasteiger partial charge on any atom is 0.287 e. The highest BCUT2D eigenvalue weighted by atomic mass is 16.2. The zero-order chi connectivity index (χ0) is 24.6. The maximum absolute atomic E-state index is 13.0. The fraction of sp³-hybridized carbons (Fsp3) is 0.0690. The van der Waals surface area contributed by atoms with Crippen molar-refractivity contribution in [3.63, 3.8) is 0 Å². The molecule has 0 saturated carbocycles. The second kappa shape index (κ2) is 10.9. The van der Waals surface area contributed by atoms with Crippen molar-refractivity contribution in [1.82, 2.24) is 10.7 Å². The summed E-state index contributed by atoms with van der Waals surface area (Å²) in [7, 11) is 3.91. The van der Waals surface area contributed by atoms with E-state index >= 15 is 0 Å². The quantitative estimate of drug-likeness (QED) is 0.235. The van der Waals surface area contributed by atoms with E-state index in [4.69, 9.17) is 0 Å². The zero-order valence-electron chi connectivity index (χ0n) is 19.6. The van der Waals surface area contributed by atoms with Crippen LogP contribution in [-0.2, 0) is 4.79 Å². The SMILES string of the molecule is CN(C)c1ccc(C=C(NC(=O)c2ccccc2)C(=O)NN=Cc2cccc3ccccc23)cc1. The highest BCUT2D eigenvalue weighted by Gasteiger charge is 2.14. The third-order valence-corrected chi connectivity index (χ3v) is 5.44. The number of rotatable bonds is 7. The number of hydrogen-bond donors (Lipinski definition) is 2. The molecule has 0 aliphatic heterocycles. The van der Waals surface area contributed by atoms with Crippen LogP contribution in [0.2, 0.25) is 0 Å². The van der Waals surface area contributed by atoms with Crippen LogP contribution in [0, 0.1) is 0 Å². The molecule has 0 bridgehead atoms. The van der Waals surface area contributed by atoms with Gasteiger partial charge in [0.1, 0.15) is 5.70 Å². The molecule has 6 nitrogen and oxygen atoms in total. The second-order valence-corrected chi connectivity index (χ2v) is 8.13. The van der Waals surface area contributed by atoms with Crippen molar-refractivity contribution >= 4 is 40.6 Å². The summed E-state index contributed by atoms with van der Waals surface area (Å²) in [6.45, 7) is 0. The van der Waals surface area contributed by atoms with Gasteiger partial charge in [0.15, 0.2) is 0 Å². The lowest BCUT2D eigenvalue weighted by molar-refractivity contribution is -0.117. The van der Waals surface area contributed by atoms with E-state index in [9.17, 15) is 9.59 Å². The maximum atomic E-state index is 13.0. The Morgan fingerprint density at radius 3 is 2.23 bits per heavy atom. The number of nitrogens with zero attached hydrogens (tertiary/aromatic N) is 2. The van der Waals surface area contributed by atoms with Gasteiger partial charge in [0.2, 0.25) is 0 Å². The summed E-state index contributed by atoms with van der Waals surface area (Å²) in [5, 5.41) is 8.98. The summed E-state index contributed by atoms with van der Waals surface area (Å²) in [6.07, 6.45) is 3.23. The average molecular weight is 463 g/mol. The lowest BCUT2D eigenvalue weighted by Gasteiger charge is -2.12. The molecule has 0 saturated heterocycles. The highest BCUT2D eigenvalue weighted by molar-refractivity contribution is 6.06. The number of hydrazone groups is 1. The molecule has 4 aromatic carbocycles. The number of benzene rings is 4. The monoisotopic (exact) mass is 462 g/mol. The molecule has 0 fully saturated rings. The smallest absolute Gasteiger partial charge is 0.287 e. The highest BCUT2D eigenvalue weighted by Crippen LogP contribution is 2.17. The third-order valence-electron chi connectivity index (χ3n) is 5.44. The van der Waals surface area contributed by atoms with Gasteiger partial charge in [0, 0.05) is 30.9 Å². The Kier molecular flexibility index (Phi) is 7.33. The number of nitrogens with one attached hydrogen (secondary N) is 2. The first-order chi connectivity index (χ1) is 17.0. The Balaban J connectivity index is 1.57. The normalized spacial score (nSPS) is 11.4. The van der Waals surface area contributed by atoms with E-state index in [1.54, 1.807) is 36.6 Å². The summed E-state index contributed by atoms with van der Waals surface area (Å²) in [5.41, 5.74) is 5.76. The Bertz CT molecular complexity index is 1390. The Labute approximate surface area is 204 Å². The van der Waals surface area contributed by atoms with Crippen LogP contribution in [0.25, 0.3) is 16.8 Å². The van der Waals surface area contributed by atoms with Crippen LogP contribution in [0.3, 0.4) is 0 Å². The van der Waals surface area contributed by atoms with Crippen molar-refractivity contribution < 1.29 is 9.59 Å². The van der Waals surface area contributed by atoms with Crippen LogP contribution in [0.5, 0.6) is 0 Å². The number of carbonyl (C=O) groups excluding carboxylic acids is 2. The van der Waals surface area contributed by atoms with Crippen molar-refractivity contribution in [2.75, 3.05) is 19.0 Å². The standard InChI is InChI=1S/C29H26N4O2/c1-33(2)25-17-15-21(16-18-25)19-27(31-28(34)23-10-4-3-5-11-23)29(35)32-30-20-24-13-8-12-22-9-6-7-14-26(22)24/h3-20H,1-2H3,(H,31,34)(H,32,35). The second-order valence-electron chi connectivity index (χ2n) is 8.13. The van der Waals surface area contributed by atoms with Gasteiger partial charge in [-0.3, -0.25) is 9.59 Å². The predicted molar refractivity (Wildman–Crippen MR) is 142 cm³/mol. The van der Waals surface area contributed by atoms with Gasteiger partial charge in [-0.05, 0) is 46.7 Å². The Morgan fingerprint density at radius 2 is 1.49 bits per heavy atom. The first-order valence-electron chi connectivity index (χ1n) is 11.2. The minimum Gasteiger partial charge on any atom is -0.378 e. The van der Waals surface area contributed by atoms with Crippen LogP contribution in [0.1, 0.15) is 21.5 Å². The predicted octanol–water partition coefficient (Wildman–Crippen LogP) is 4.83. The van der Waals surface area contributed by atoms with Gasteiger partial charge >= 0.3 is 0 Å². The van der Waals surface area contributed by atoms with Crippen molar-refractivity contribution in [3.8, 4) is 0 Å². The number of amides is 2. The largest absolute Gasteiger partial charge is 0.378 e. The van der Waals surface area contributed by atoms with Gasteiger partial charge in [-0.1, -0.05) is 72.8 Å². The molecule has 6 heteroatoms. The van der Waals surface area contributed by atoms with Crippen LogP contribution in [0.15, 0.2) is 108 Å². The molecule has 35 heavy (non-hydrogen) atoms. The minimum absolute atomic E-state index is 0.0894.